The lowest BCUT2D eigenvalue weighted by atomic mass is 10.0. The minimum absolute atomic E-state index is 0.184. The molecule has 2 aromatic carbocycles. The lowest BCUT2D eigenvalue weighted by Gasteiger charge is -2.29. The van der Waals surface area contributed by atoms with E-state index in [1.54, 1.807) is 36.4 Å². The Morgan fingerprint density at radius 3 is 2.34 bits per heavy atom. The van der Waals surface area contributed by atoms with Crippen molar-refractivity contribution < 1.29 is 23.9 Å². The number of anilines is 2. The molecule has 2 aromatic rings. The molecule has 1 N–H and O–H groups in total. The number of carbonyl (C=O) groups excluding carboxylic acids is 3. The molecule has 0 spiro atoms. The molecule has 1 fully saturated rings. The second-order valence-electron chi connectivity index (χ2n) is 7.70. The van der Waals surface area contributed by atoms with Crippen molar-refractivity contribution in [3.05, 3.63) is 59.3 Å². The molecule has 32 heavy (non-hydrogen) atoms. The van der Waals surface area contributed by atoms with Crippen LogP contribution in [0.3, 0.4) is 0 Å². The van der Waals surface area contributed by atoms with Gasteiger partial charge in [-0.1, -0.05) is 18.2 Å². The van der Waals surface area contributed by atoms with Gasteiger partial charge >= 0.3 is 0 Å². The molecule has 8 heteroatoms. The first-order valence-electron chi connectivity index (χ1n) is 10.4. The number of carbonyl (C=O) groups is 3. The van der Waals surface area contributed by atoms with Crippen molar-refractivity contribution in [2.24, 2.45) is 0 Å². The van der Waals surface area contributed by atoms with Crippen molar-refractivity contribution in [1.29, 1.82) is 0 Å². The maximum Gasteiger partial charge on any atom is 0.282 e. The van der Waals surface area contributed by atoms with Crippen LogP contribution in [0.5, 0.6) is 5.75 Å². The molecule has 0 bridgehead atoms. The van der Waals surface area contributed by atoms with E-state index in [1.807, 2.05) is 17.9 Å². The standard InChI is InChI=1S/C24H25N3O5/c1-15-4-9-20(31-3)19(14-15)27-23(29)21(17-5-7-18(8-6-17)25-16(2)28)22(24(27)30)26-10-12-32-13-11-26/h4-9,14H,10-13H2,1-3H3,(H,25,28). The number of benzene rings is 2. The Hall–Kier alpha value is -3.65. The lowest BCUT2D eigenvalue weighted by Crippen LogP contribution is -2.40. The molecule has 3 amide bonds. The smallest absolute Gasteiger partial charge is 0.282 e. The van der Waals surface area contributed by atoms with Gasteiger partial charge in [0.05, 0.1) is 31.6 Å². The summed E-state index contributed by atoms with van der Waals surface area (Å²) in [5, 5.41) is 2.71. The quantitative estimate of drug-likeness (QED) is 0.727. The molecule has 0 radical (unpaired) electrons. The molecule has 0 unspecified atom stereocenters. The summed E-state index contributed by atoms with van der Waals surface area (Å²) in [5.74, 6) is -0.536. The number of amides is 3. The molecule has 0 aliphatic carbocycles. The highest BCUT2D eigenvalue weighted by molar-refractivity contribution is 6.45. The number of morpholine rings is 1. The Morgan fingerprint density at radius 1 is 1.03 bits per heavy atom. The number of ether oxygens (including phenoxy) is 2. The van der Waals surface area contributed by atoms with E-state index in [1.165, 1.54) is 18.9 Å². The van der Waals surface area contributed by atoms with Gasteiger partial charge in [-0.3, -0.25) is 14.4 Å². The zero-order valence-electron chi connectivity index (χ0n) is 18.3. The van der Waals surface area contributed by atoms with Crippen LogP contribution in [0.4, 0.5) is 11.4 Å². The van der Waals surface area contributed by atoms with E-state index < -0.39 is 5.91 Å². The molecular formula is C24H25N3O5. The summed E-state index contributed by atoms with van der Waals surface area (Å²) < 4.78 is 10.9. The van der Waals surface area contributed by atoms with Gasteiger partial charge in [0.25, 0.3) is 11.8 Å². The summed E-state index contributed by atoms with van der Waals surface area (Å²) in [6.45, 7) is 5.31. The summed E-state index contributed by atoms with van der Waals surface area (Å²) in [4.78, 5) is 41.8. The van der Waals surface area contributed by atoms with E-state index in [0.717, 1.165) is 5.56 Å². The molecule has 2 aliphatic rings. The van der Waals surface area contributed by atoms with Gasteiger partial charge in [-0.15, -0.1) is 0 Å². The molecule has 0 saturated carbocycles. The fourth-order valence-electron chi connectivity index (χ4n) is 3.98. The first-order chi connectivity index (χ1) is 15.4. The molecule has 0 aromatic heterocycles. The van der Waals surface area contributed by atoms with E-state index in [0.29, 0.717) is 60.3 Å². The number of methoxy groups -OCH3 is 1. The number of hydrogen-bond acceptors (Lipinski definition) is 6. The number of imide groups is 1. The topological polar surface area (TPSA) is 88.2 Å². The van der Waals surface area contributed by atoms with Crippen molar-refractivity contribution in [3.8, 4) is 5.75 Å². The minimum atomic E-state index is -0.410. The van der Waals surface area contributed by atoms with Crippen molar-refractivity contribution in [3.63, 3.8) is 0 Å². The van der Waals surface area contributed by atoms with Crippen LogP contribution < -0.4 is 15.0 Å². The third-order valence-electron chi connectivity index (χ3n) is 5.46. The Morgan fingerprint density at radius 2 is 1.72 bits per heavy atom. The Bertz CT molecular complexity index is 1100. The van der Waals surface area contributed by atoms with E-state index in [4.69, 9.17) is 9.47 Å². The average molecular weight is 435 g/mol. The van der Waals surface area contributed by atoms with E-state index in [-0.39, 0.29) is 11.8 Å². The highest BCUT2D eigenvalue weighted by Crippen LogP contribution is 2.39. The number of hydrogen-bond donors (Lipinski definition) is 1. The molecule has 2 aliphatic heterocycles. The Balaban J connectivity index is 1.81. The SMILES string of the molecule is COc1ccc(C)cc1N1C(=O)C(c2ccc(NC(C)=O)cc2)=C(N2CCOCC2)C1=O. The first-order valence-corrected chi connectivity index (χ1v) is 10.4. The van der Waals surface area contributed by atoms with Crippen LogP contribution in [0, 0.1) is 6.92 Å². The van der Waals surface area contributed by atoms with Crippen LogP contribution in [-0.2, 0) is 19.1 Å². The molecule has 166 valence electrons. The van der Waals surface area contributed by atoms with Crippen molar-refractivity contribution >= 4 is 34.7 Å². The van der Waals surface area contributed by atoms with Crippen LogP contribution in [0.2, 0.25) is 0 Å². The molecule has 1 saturated heterocycles. The van der Waals surface area contributed by atoms with Gasteiger partial charge in [-0.2, -0.15) is 0 Å². The predicted octanol–water partition coefficient (Wildman–Crippen LogP) is 2.58. The van der Waals surface area contributed by atoms with Crippen LogP contribution in [0.1, 0.15) is 18.1 Å². The van der Waals surface area contributed by atoms with Crippen LogP contribution in [0.25, 0.3) is 5.57 Å². The number of nitrogens with zero attached hydrogens (tertiary/aromatic N) is 2. The summed E-state index contributed by atoms with van der Waals surface area (Å²) in [7, 11) is 1.51. The summed E-state index contributed by atoms with van der Waals surface area (Å²) in [5.41, 5.74) is 3.22. The maximum absolute atomic E-state index is 13.7. The zero-order valence-corrected chi connectivity index (χ0v) is 18.3. The third kappa shape index (κ3) is 3.97. The third-order valence-corrected chi connectivity index (χ3v) is 5.46. The molecule has 0 atom stereocenters. The highest BCUT2D eigenvalue weighted by atomic mass is 16.5. The van der Waals surface area contributed by atoms with Gasteiger partial charge in [0, 0.05) is 25.7 Å². The van der Waals surface area contributed by atoms with Crippen LogP contribution >= 0.6 is 0 Å². The van der Waals surface area contributed by atoms with E-state index >= 15 is 0 Å². The van der Waals surface area contributed by atoms with Gasteiger partial charge in [0.15, 0.2) is 0 Å². The number of nitrogens with one attached hydrogen (secondary N) is 1. The highest BCUT2D eigenvalue weighted by Gasteiger charge is 2.43. The van der Waals surface area contributed by atoms with E-state index in [9.17, 15) is 14.4 Å². The summed E-state index contributed by atoms with van der Waals surface area (Å²) in [6.07, 6.45) is 0. The van der Waals surface area contributed by atoms with Gasteiger partial charge in [-0.05, 0) is 42.3 Å². The normalized spacial score (nSPS) is 16.6. The van der Waals surface area contributed by atoms with Crippen LogP contribution in [-0.4, -0.2) is 56.0 Å². The second-order valence-corrected chi connectivity index (χ2v) is 7.70. The minimum Gasteiger partial charge on any atom is -0.495 e. The van der Waals surface area contributed by atoms with Gasteiger partial charge < -0.3 is 19.7 Å². The second kappa shape index (κ2) is 8.84. The zero-order chi connectivity index (χ0) is 22.8. The molecule has 2 heterocycles. The largest absolute Gasteiger partial charge is 0.495 e. The summed E-state index contributed by atoms with van der Waals surface area (Å²) >= 11 is 0. The fourth-order valence-corrected chi connectivity index (χ4v) is 3.98. The number of aryl methyl sites for hydroxylation is 1. The predicted molar refractivity (Wildman–Crippen MR) is 120 cm³/mol. The van der Waals surface area contributed by atoms with Gasteiger partial charge in [-0.25, -0.2) is 4.90 Å². The fraction of sp³-hybridized carbons (Fsp3) is 0.292. The average Bonchev–Trinajstić information content (AvgIpc) is 3.04. The van der Waals surface area contributed by atoms with Crippen molar-refractivity contribution in [2.75, 3.05) is 43.6 Å². The van der Waals surface area contributed by atoms with E-state index in [2.05, 4.69) is 5.32 Å². The molecular weight excluding hydrogens is 410 g/mol. The summed E-state index contributed by atoms with van der Waals surface area (Å²) in [6, 6.07) is 12.3. The first kappa shape index (κ1) is 21.6. The van der Waals surface area contributed by atoms with Crippen LogP contribution in [0.15, 0.2) is 48.2 Å². The van der Waals surface area contributed by atoms with Gasteiger partial charge in [0.1, 0.15) is 11.4 Å². The molecule has 4 rings (SSSR count). The lowest BCUT2D eigenvalue weighted by molar-refractivity contribution is -0.121. The Labute approximate surface area is 186 Å². The molecule has 8 nitrogen and oxygen atoms in total. The number of rotatable bonds is 5. The van der Waals surface area contributed by atoms with Gasteiger partial charge in [0.2, 0.25) is 5.91 Å². The maximum atomic E-state index is 13.7. The van der Waals surface area contributed by atoms with Crippen molar-refractivity contribution in [2.45, 2.75) is 13.8 Å². The van der Waals surface area contributed by atoms with Crippen molar-refractivity contribution in [1.82, 2.24) is 4.90 Å². The Kier molecular flexibility index (Phi) is 5.96. The monoisotopic (exact) mass is 435 g/mol.